The molecule has 15 heavy (non-hydrogen) atoms. The highest BCUT2D eigenvalue weighted by Crippen LogP contribution is 2.07. The van der Waals surface area contributed by atoms with Crippen molar-refractivity contribution in [3.63, 3.8) is 0 Å². The molecule has 1 saturated heterocycles. The minimum absolute atomic E-state index is 0.0681. The van der Waals surface area contributed by atoms with Gasteiger partial charge in [0.25, 0.3) is 0 Å². The molecule has 0 bridgehead atoms. The fourth-order valence-electron chi connectivity index (χ4n) is 1.79. The van der Waals surface area contributed by atoms with Gasteiger partial charge in [-0.1, -0.05) is 13.8 Å². The Morgan fingerprint density at radius 2 is 2.33 bits per heavy atom. The van der Waals surface area contributed by atoms with E-state index in [1.165, 1.54) is 0 Å². The minimum atomic E-state index is -0.458. The Kier molecular flexibility index (Phi) is 4.75. The van der Waals surface area contributed by atoms with E-state index in [2.05, 4.69) is 10.6 Å². The maximum atomic E-state index is 11.6. The zero-order chi connectivity index (χ0) is 11.3. The van der Waals surface area contributed by atoms with E-state index in [9.17, 15) is 9.59 Å². The molecule has 1 radical (unpaired) electrons. The van der Waals surface area contributed by atoms with Crippen LogP contribution in [0.15, 0.2) is 0 Å². The second-order valence-corrected chi connectivity index (χ2v) is 4.46. The maximum absolute atomic E-state index is 11.6. The van der Waals surface area contributed by atoms with E-state index in [4.69, 9.17) is 0 Å². The summed E-state index contributed by atoms with van der Waals surface area (Å²) in [5.74, 6) is 0.315. The zero-order valence-corrected chi connectivity index (χ0v) is 9.38. The third-order valence-corrected chi connectivity index (χ3v) is 2.54. The highest BCUT2D eigenvalue weighted by molar-refractivity contribution is 5.84. The van der Waals surface area contributed by atoms with Crippen molar-refractivity contribution in [3.8, 4) is 0 Å². The summed E-state index contributed by atoms with van der Waals surface area (Å²) in [6.45, 7) is 4.92. The first-order valence-electron chi connectivity index (χ1n) is 5.55. The van der Waals surface area contributed by atoms with E-state index >= 15 is 0 Å². The largest absolute Gasteiger partial charge is 0.344 e. The van der Waals surface area contributed by atoms with Gasteiger partial charge in [0.05, 0.1) is 12.1 Å². The SMILES string of the molecule is CC(C)CC([C]=O)NC(=O)C1CCCN1. The molecule has 2 atom stereocenters. The Hall–Kier alpha value is -0.900. The Balaban J connectivity index is 2.36. The lowest BCUT2D eigenvalue weighted by atomic mass is 10.0. The van der Waals surface area contributed by atoms with E-state index < -0.39 is 6.04 Å². The monoisotopic (exact) mass is 211 g/mol. The number of amides is 1. The van der Waals surface area contributed by atoms with E-state index in [1.54, 1.807) is 0 Å². The molecule has 0 aromatic carbocycles. The maximum Gasteiger partial charge on any atom is 0.237 e. The molecule has 0 saturated carbocycles. The molecule has 0 aliphatic carbocycles. The summed E-state index contributed by atoms with van der Waals surface area (Å²) >= 11 is 0. The van der Waals surface area contributed by atoms with Gasteiger partial charge >= 0.3 is 0 Å². The van der Waals surface area contributed by atoms with Crippen molar-refractivity contribution >= 4 is 12.2 Å². The quantitative estimate of drug-likeness (QED) is 0.691. The molecule has 1 heterocycles. The minimum Gasteiger partial charge on any atom is -0.344 e. The normalized spacial score (nSPS) is 22.7. The number of carbonyl (C=O) groups excluding carboxylic acids is 2. The zero-order valence-electron chi connectivity index (χ0n) is 9.38. The van der Waals surface area contributed by atoms with E-state index in [0.29, 0.717) is 12.3 Å². The van der Waals surface area contributed by atoms with Crippen LogP contribution in [-0.2, 0) is 9.59 Å². The molecular formula is C11H19N2O2. The predicted molar refractivity (Wildman–Crippen MR) is 58.1 cm³/mol. The molecule has 2 N–H and O–H groups in total. The number of hydrogen-bond acceptors (Lipinski definition) is 3. The molecule has 0 aromatic heterocycles. The summed E-state index contributed by atoms with van der Waals surface area (Å²) in [5.41, 5.74) is 0. The Morgan fingerprint density at radius 1 is 1.60 bits per heavy atom. The average Bonchev–Trinajstić information content (AvgIpc) is 2.68. The molecule has 0 spiro atoms. The number of rotatable bonds is 5. The summed E-state index contributed by atoms with van der Waals surface area (Å²) in [7, 11) is 0. The van der Waals surface area contributed by atoms with Crippen molar-refractivity contribution in [1.82, 2.24) is 10.6 Å². The highest BCUT2D eigenvalue weighted by Gasteiger charge is 2.24. The van der Waals surface area contributed by atoms with Crippen LogP contribution in [0, 0.1) is 5.92 Å². The van der Waals surface area contributed by atoms with Crippen molar-refractivity contribution in [2.24, 2.45) is 5.92 Å². The molecule has 1 aliphatic heterocycles. The van der Waals surface area contributed by atoms with Crippen LogP contribution in [0.3, 0.4) is 0 Å². The third-order valence-electron chi connectivity index (χ3n) is 2.54. The Bertz CT molecular complexity index is 223. The highest BCUT2D eigenvalue weighted by atomic mass is 16.2. The first kappa shape index (κ1) is 12.2. The lowest BCUT2D eigenvalue weighted by Crippen LogP contribution is -2.46. The molecule has 2 unspecified atom stereocenters. The van der Waals surface area contributed by atoms with Crippen LogP contribution in [0.2, 0.25) is 0 Å². The van der Waals surface area contributed by atoms with Gasteiger partial charge in [0, 0.05) is 0 Å². The molecule has 4 nitrogen and oxygen atoms in total. The second-order valence-electron chi connectivity index (χ2n) is 4.46. The topological polar surface area (TPSA) is 58.2 Å². The van der Waals surface area contributed by atoms with Gasteiger partial charge in [-0.2, -0.15) is 0 Å². The lowest BCUT2D eigenvalue weighted by Gasteiger charge is -2.17. The van der Waals surface area contributed by atoms with Gasteiger partial charge in [-0.3, -0.25) is 9.59 Å². The molecule has 85 valence electrons. The molecule has 0 aromatic rings. The standard InChI is InChI=1S/C11H19N2O2/c1-8(2)6-9(7-14)13-11(15)10-4-3-5-12-10/h8-10,12H,3-6H2,1-2H3,(H,13,15). The van der Waals surface area contributed by atoms with Crippen molar-refractivity contribution < 1.29 is 9.59 Å². The smallest absolute Gasteiger partial charge is 0.237 e. The van der Waals surface area contributed by atoms with Crippen LogP contribution in [0.25, 0.3) is 0 Å². The molecule has 1 amide bonds. The van der Waals surface area contributed by atoms with E-state index in [0.717, 1.165) is 19.4 Å². The fraction of sp³-hybridized carbons (Fsp3) is 0.818. The fourth-order valence-corrected chi connectivity index (χ4v) is 1.79. The molecule has 1 rings (SSSR count). The van der Waals surface area contributed by atoms with Gasteiger partial charge in [-0.05, 0) is 31.7 Å². The van der Waals surface area contributed by atoms with Gasteiger partial charge in [0.2, 0.25) is 12.2 Å². The Labute approximate surface area is 90.8 Å². The summed E-state index contributed by atoms with van der Waals surface area (Å²) in [6.07, 6.45) is 4.42. The van der Waals surface area contributed by atoms with Crippen LogP contribution in [-0.4, -0.2) is 30.8 Å². The van der Waals surface area contributed by atoms with Crippen LogP contribution in [0.1, 0.15) is 33.1 Å². The first-order chi connectivity index (χ1) is 7.13. The van der Waals surface area contributed by atoms with Crippen LogP contribution in [0.5, 0.6) is 0 Å². The average molecular weight is 211 g/mol. The summed E-state index contributed by atoms with van der Waals surface area (Å²) in [6, 6.07) is -0.576. The van der Waals surface area contributed by atoms with Crippen molar-refractivity contribution in [2.45, 2.75) is 45.2 Å². The second kappa shape index (κ2) is 5.85. The number of nitrogens with one attached hydrogen (secondary N) is 2. The van der Waals surface area contributed by atoms with Gasteiger partial charge in [-0.15, -0.1) is 0 Å². The van der Waals surface area contributed by atoms with Crippen molar-refractivity contribution in [2.75, 3.05) is 6.54 Å². The van der Waals surface area contributed by atoms with Gasteiger partial charge < -0.3 is 10.6 Å². The van der Waals surface area contributed by atoms with Crippen molar-refractivity contribution in [1.29, 1.82) is 0 Å². The van der Waals surface area contributed by atoms with Gasteiger partial charge in [0.1, 0.15) is 0 Å². The summed E-state index contributed by atoms with van der Waals surface area (Å²) < 4.78 is 0. The number of hydrogen-bond donors (Lipinski definition) is 2. The first-order valence-corrected chi connectivity index (χ1v) is 5.55. The predicted octanol–water partition coefficient (Wildman–Crippen LogP) is 0.379. The molecular weight excluding hydrogens is 192 g/mol. The Morgan fingerprint density at radius 3 is 2.80 bits per heavy atom. The lowest BCUT2D eigenvalue weighted by molar-refractivity contribution is -0.123. The summed E-state index contributed by atoms with van der Waals surface area (Å²) in [5, 5.41) is 5.81. The van der Waals surface area contributed by atoms with Crippen LogP contribution < -0.4 is 10.6 Å². The van der Waals surface area contributed by atoms with Crippen LogP contribution in [0.4, 0.5) is 0 Å². The van der Waals surface area contributed by atoms with Crippen molar-refractivity contribution in [3.05, 3.63) is 0 Å². The van der Waals surface area contributed by atoms with Gasteiger partial charge in [-0.25, -0.2) is 0 Å². The molecule has 4 heteroatoms. The molecule has 1 fully saturated rings. The third kappa shape index (κ3) is 4.00. The number of carbonyl (C=O) groups is 1. The summed E-state index contributed by atoms with van der Waals surface area (Å²) in [4.78, 5) is 22.3. The van der Waals surface area contributed by atoms with E-state index in [-0.39, 0.29) is 11.9 Å². The van der Waals surface area contributed by atoms with E-state index in [1.807, 2.05) is 20.1 Å². The molecule has 1 aliphatic rings. The van der Waals surface area contributed by atoms with Crippen LogP contribution >= 0.6 is 0 Å². The van der Waals surface area contributed by atoms with Gasteiger partial charge in [0.15, 0.2) is 0 Å².